The molecule has 1 aliphatic rings. The summed E-state index contributed by atoms with van der Waals surface area (Å²) in [4.78, 5) is 2.04. The van der Waals surface area contributed by atoms with Crippen molar-refractivity contribution < 1.29 is 13.9 Å². The monoisotopic (exact) mass is 358 g/mol. The number of alkyl halides is 1. The number of aromatic hydroxyl groups is 1. The fourth-order valence-electron chi connectivity index (χ4n) is 3.23. The van der Waals surface area contributed by atoms with Crippen LogP contribution in [0, 0.1) is 16.7 Å². The van der Waals surface area contributed by atoms with Crippen molar-refractivity contribution in [2.24, 2.45) is 5.41 Å². The number of halogens is 1. The lowest BCUT2D eigenvalue weighted by Crippen LogP contribution is -2.47. The van der Waals surface area contributed by atoms with Crippen molar-refractivity contribution in [3.8, 4) is 22.9 Å². The molecule has 26 heavy (non-hydrogen) atoms. The van der Waals surface area contributed by atoms with Crippen LogP contribution in [0.2, 0.25) is 0 Å². The summed E-state index contributed by atoms with van der Waals surface area (Å²) >= 11 is 0. The molecule has 2 heterocycles. The molecule has 0 saturated carbocycles. The highest BCUT2D eigenvalue weighted by atomic mass is 19.1. The maximum Gasteiger partial charge on any atom is 0.123 e. The van der Waals surface area contributed by atoms with Gasteiger partial charge < -0.3 is 9.52 Å². The molecule has 1 aliphatic heterocycles. The Bertz CT molecular complexity index is 739. The van der Waals surface area contributed by atoms with Crippen molar-refractivity contribution in [2.45, 2.75) is 46.3 Å². The lowest BCUT2D eigenvalue weighted by molar-refractivity contribution is 0.0186. The van der Waals surface area contributed by atoms with Crippen LogP contribution in [0.1, 0.15) is 39.2 Å². The first-order valence-corrected chi connectivity index (χ1v) is 9.10. The molecule has 2 aromatic rings. The van der Waals surface area contributed by atoms with E-state index in [4.69, 9.17) is 9.68 Å². The fraction of sp³-hybridized carbons (Fsp3) is 0.476. The Morgan fingerprint density at radius 2 is 2.15 bits per heavy atom. The van der Waals surface area contributed by atoms with E-state index in [-0.39, 0.29) is 12.2 Å². The second-order valence-electron chi connectivity index (χ2n) is 6.81. The second-order valence-corrected chi connectivity index (χ2v) is 6.81. The van der Waals surface area contributed by atoms with E-state index < -0.39 is 11.6 Å². The number of benzene rings is 1. The Balaban J connectivity index is 0.00000117. The van der Waals surface area contributed by atoms with Gasteiger partial charge in [0.05, 0.1) is 18.6 Å². The minimum atomic E-state index is -1.01. The SMILES string of the molecule is CC.CC1(CC#N)CCN(Cc2ccc(-c3ccoc3)c(O)c2)CC1F. The summed E-state index contributed by atoms with van der Waals surface area (Å²) in [6.45, 7) is 7.51. The van der Waals surface area contributed by atoms with Crippen molar-refractivity contribution in [1.29, 1.82) is 5.26 Å². The molecule has 5 heteroatoms. The number of phenols is 1. The topological polar surface area (TPSA) is 60.4 Å². The van der Waals surface area contributed by atoms with Crippen LogP contribution in [0.4, 0.5) is 4.39 Å². The van der Waals surface area contributed by atoms with Gasteiger partial charge in [-0.2, -0.15) is 5.26 Å². The zero-order valence-corrected chi connectivity index (χ0v) is 15.7. The van der Waals surface area contributed by atoms with E-state index in [1.54, 1.807) is 24.7 Å². The molecule has 3 rings (SSSR count). The number of nitrogens with zero attached hydrogens (tertiary/aromatic N) is 2. The highest BCUT2D eigenvalue weighted by Gasteiger charge is 2.39. The zero-order valence-electron chi connectivity index (χ0n) is 15.7. The Hall–Kier alpha value is -2.32. The Morgan fingerprint density at radius 1 is 1.38 bits per heavy atom. The maximum atomic E-state index is 14.4. The molecule has 0 spiro atoms. The van der Waals surface area contributed by atoms with Crippen LogP contribution in [0.5, 0.6) is 5.75 Å². The molecule has 1 fully saturated rings. The van der Waals surface area contributed by atoms with Gasteiger partial charge >= 0.3 is 0 Å². The van der Waals surface area contributed by atoms with E-state index in [1.165, 1.54) is 0 Å². The van der Waals surface area contributed by atoms with Gasteiger partial charge in [0.1, 0.15) is 11.9 Å². The van der Waals surface area contributed by atoms with Crippen LogP contribution in [0.15, 0.2) is 41.2 Å². The van der Waals surface area contributed by atoms with Gasteiger partial charge in [-0.05, 0) is 30.7 Å². The first-order valence-electron chi connectivity index (χ1n) is 9.10. The van der Waals surface area contributed by atoms with Crippen molar-refractivity contribution in [1.82, 2.24) is 4.90 Å². The molecule has 1 saturated heterocycles. The van der Waals surface area contributed by atoms with E-state index in [0.29, 0.717) is 19.5 Å². The lowest BCUT2D eigenvalue weighted by atomic mass is 9.76. The summed E-state index contributed by atoms with van der Waals surface area (Å²) in [6.07, 6.45) is 3.06. The molecule has 0 radical (unpaired) electrons. The normalized spacial score (nSPS) is 23.0. The first-order chi connectivity index (χ1) is 12.5. The third kappa shape index (κ3) is 4.44. The van der Waals surface area contributed by atoms with Gasteiger partial charge in [-0.15, -0.1) is 0 Å². The standard InChI is InChI=1S/C19H21FN2O2.C2H6/c1-19(5-7-21)6-8-22(12-18(19)20)11-14-2-3-16(17(23)10-14)15-4-9-24-13-15;1-2/h2-4,9-10,13,18,23H,5-6,8,11-12H2,1H3;1-2H3. The van der Waals surface area contributed by atoms with E-state index >= 15 is 0 Å². The molecule has 2 atom stereocenters. The van der Waals surface area contributed by atoms with Crippen LogP contribution in [-0.4, -0.2) is 29.3 Å². The Kier molecular flexibility index (Phi) is 6.82. The van der Waals surface area contributed by atoms with Gasteiger partial charge in [-0.25, -0.2) is 4.39 Å². The van der Waals surface area contributed by atoms with Gasteiger partial charge in [0, 0.05) is 36.1 Å². The summed E-state index contributed by atoms with van der Waals surface area (Å²) in [5.74, 6) is 0.192. The number of rotatable bonds is 4. The fourth-order valence-corrected chi connectivity index (χ4v) is 3.23. The van der Waals surface area contributed by atoms with E-state index in [9.17, 15) is 9.50 Å². The summed E-state index contributed by atoms with van der Waals surface area (Å²) < 4.78 is 19.5. The lowest BCUT2D eigenvalue weighted by Gasteiger charge is -2.41. The predicted octanol–water partition coefficient (Wildman–Crippen LogP) is 5.14. The van der Waals surface area contributed by atoms with Gasteiger partial charge in [-0.1, -0.05) is 32.9 Å². The minimum Gasteiger partial charge on any atom is -0.507 e. The first kappa shape index (κ1) is 20.0. The molecule has 4 nitrogen and oxygen atoms in total. The third-order valence-electron chi connectivity index (χ3n) is 4.96. The summed E-state index contributed by atoms with van der Waals surface area (Å²) in [7, 11) is 0. The number of likely N-dealkylation sites (tertiary alicyclic amines) is 1. The largest absolute Gasteiger partial charge is 0.507 e. The second kappa shape index (κ2) is 8.86. The average molecular weight is 358 g/mol. The summed E-state index contributed by atoms with van der Waals surface area (Å²) in [5.41, 5.74) is 1.94. The van der Waals surface area contributed by atoms with Crippen molar-refractivity contribution >= 4 is 0 Å². The molecular formula is C21H27FN2O2. The average Bonchev–Trinajstić information content (AvgIpc) is 3.15. The summed E-state index contributed by atoms with van der Waals surface area (Å²) in [5, 5.41) is 19.1. The molecule has 1 N–H and O–H groups in total. The van der Waals surface area contributed by atoms with Crippen LogP contribution < -0.4 is 0 Å². The molecule has 140 valence electrons. The van der Waals surface area contributed by atoms with Crippen molar-refractivity contribution in [3.05, 3.63) is 42.4 Å². The Morgan fingerprint density at radius 3 is 2.73 bits per heavy atom. The number of furan rings is 1. The molecule has 0 aliphatic carbocycles. The number of nitriles is 1. The molecule has 2 unspecified atom stereocenters. The third-order valence-corrected chi connectivity index (χ3v) is 4.96. The summed E-state index contributed by atoms with van der Waals surface area (Å²) in [6, 6.07) is 9.41. The molecular weight excluding hydrogens is 331 g/mol. The Labute approximate surface area is 154 Å². The predicted molar refractivity (Wildman–Crippen MR) is 100 cm³/mol. The number of hydrogen-bond donors (Lipinski definition) is 1. The van der Waals surface area contributed by atoms with Crippen molar-refractivity contribution in [3.63, 3.8) is 0 Å². The number of piperidine rings is 1. The van der Waals surface area contributed by atoms with Gasteiger partial charge in [0.15, 0.2) is 0 Å². The van der Waals surface area contributed by atoms with Gasteiger partial charge in [-0.3, -0.25) is 4.90 Å². The molecule has 0 amide bonds. The molecule has 1 aromatic heterocycles. The number of hydrogen-bond acceptors (Lipinski definition) is 4. The van der Waals surface area contributed by atoms with Crippen LogP contribution >= 0.6 is 0 Å². The van der Waals surface area contributed by atoms with E-state index in [1.807, 2.05) is 37.8 Å². The molecule has 1 aromatic carbocycles. The van der Waals surface area contributed by atoms with E-state index in [2.05, 4.69) is 6.07 Å². The van der Waals surface area contributed by atoms with Crippen molar-refractivity contribution in [2.75, 3.05) is 13.1 Å². The highest BCUT2D eigenvalue weighted by molar-refractivity contribution is 5.69. The van der Waals surface area contributed by atoms with Gasteiger partial charge in [0.25, 0.3) is 0 Å². The number of phenolic OH excluding ortho intramolecular Hbond substituents is 1. The quantitative estimate of drug-likeness (QED) is 0.822. The van der Waals surface area contributed by atoms with Crippen LogP contribution in [-0.2, 0) is 6.54 Å². The minimum absolute atomic E-state index is 0.192. The smallest absolute Gasteiger partial charge is 0.123 e. The van der Waals surface area contributed by atoms with Crippen LogP contribution in [0.3, 0.4) is 0 Å². The van der Waals surface area contributed by atoms with E-state index in [0.717, 1.165) is 23.2 Å². The highest BCUT2D eigenvalue weighted by Crippen LogP contribution is 2.37. The molecule has 0 bridgehead atoms. The maximum absolute atomic E-state index is 14.4. The zero-order chi connectivity index (χ0) is 19.2. The van der Waals surface area contributed by atoms with Gasteiger partial charge in [0.2, 0.25) is 0 Å². The van der Waals surface area contributed by atoms with Crippen LogP contribution in [0.25, 0.3) is 11.1 Å².